The summed E-state index contributed by atoms with van der Waals surface area (Å²) in [5, 5.41) is 15.6. The van der Waals surface area contributed by atoms with E-state index in [0.717, 1.165) is 12.1 Å². The van der Waals surface area contributed by atoms with Crippen LogP contribution >= 0.6 is 0 Å². The minimum absolute atomic E-state index is 0.115. The van der Waals surface area contributed by atoms with Crippen molar-refractivity contribution >= 4 is 33.9 Å². The van der Waals surface area contributed by atoms with E-state index < -0.39 is 37.9 Å². The van der Waals surface area contributed by atoms with Crippen LogP contribution in [0.3, 0.4) is 0 Å². The molecule has 12 heteroatoms. The van der Waals surface area contributed by atoms with Crippen molar-refractivity contribution in [3.8, 4) is 0 Å². The van der Waals surface area contributed by atoms with Crippen LogP contribution in [0.5, 0.6) is 0 Å². The van der Waals surface area contributed by atoms with E-state index in [1.807, 2.05) is 4.72 Å². The highest BCUT2D eigenvalue weighted by atomic mass is 32.2. The number of amides is 2. The first-order chi connectivity index (χ1) is 14.2. The number of ether oxygens (including phenoxy) is 1. The smallest absolute Gasteiger partial charge is 0.352 e. The number of methoxy groups -OCH3 is 1. The summed E-state index contributed by atoms with van der Waals surface area (Å²) in [6, 6.07) is 9.13. The molecule has 0 bridgehead atoms. The van der Waals surface area contributed by atoms with Crippen LogP contribution in [0.15, 0.2) is 58.5 Å². The average molecular weight is 432 g/mol. The first-order valence-corrected chi connectivity index (χ1v) is 10.0. The SMILES string of the molecule is COC(=O)c1ccccc1S(=O)(=O)NC(=O)N1N=CCC1c1ccc([N+](=O)[O-])cc1. The molecule has 1 atom stereocenters. The molecule has 0 spiro atoms. The Morgan fingerprint density at radius 1 is 1.20 bits per heavy atom. The van der Waals surface area contributed by atoms with Crippen LogP contribution in [0.4, 0.5) is 10.5 Å². The van der Waals surface area contributed by atoms with Crippen LogP contribution in [-0.4, -0.2) is 43.7 Å². The highest BCUT2D eigenvalue weighted by Gasteiger charge is 2.32. The second-order valence-corrected chi connectivity index (χ2v) is 7.79. The molecular formula is C18H16N4O7S. The van der Waals surface area contributed by atoms with E-state index in [-0.39, 0.29) is 11.3 Å². The van der Waals surface area contributed by atoms with Gasteiger partial charge in [-0.15, -0.1) is 0 Å². The van der Waals surface area contributed by atoms with Crippen molar-refractivity contribution in [2.45, 2.75) is 17.4 Å². The fourth-order valence-corrected chi connectivity index (χ4v) is 4.03. The molecule has 0 saturated heterocycles. The number of carbonyl (C=O) groups excluding carboxylic acids is 2. The monoisotopic (exact) mass is 432 g/mol. The summed E-state index contributed by atoms with van der Waals surface area (Å²) in [7, 11) is -3.30. The molecule has 0 fully saturated rings. The normalized spacial score (nSPS) is 15.6. The molecule has 1 unspecified atom stereocenters. The Bertz CT molecular complexity index is 1130. The number of hydrogen-bond donors (Lipinski definition) is 1. The number of sulfonamides is 1. The summed E-state index contributed by atoms with van der Waals surface area (Å²) in [6.07, 6.45) is 1.73. The van der Waals surface area contributed by atoms with E-state index >= 15 is 0 Å². The maximum Gasteiger partial charge on any atom is 0.352 e. The third-order valence-corrected chi connectivity index (χ3v) is 5.71. The first kappa shape index (κ1) is 20.9. The minimum Gasteiger partial charge on any atom is -0.465 e. The average Bonchev–Trinajstić information content (AvgIpc) is 3.23. The Balaban J connectivity index is 1.83. The lowest BCUT2D eigenvalue weighted by atomic mass is 10.0. The summed E-state index contributed by atoms with van der Waals surface area (Å²) in [6.45, 7) is 0. The van der Waals surface area contributed by atoms with E-state index in [2.05, 4.69) is 9.84 Å². The molecular weight excluding hydrogens is 416 g/mol. The number of nitro groups is 1. The predicted octanol–water partition coefficient (Wildman–Crippen LogP) is 2.21. The zero-order chi connectivity index (χ0) is 21.9. The van der Waals surface area contributed by atoms with Gasteiger partial charge in [0.05, 0.1) is 23.6 Å². The summed E-state index contributed by atoms with van der Waals surface area (Å²) in [5.41, 5.74) is 0.202. The Kier molecular flexibility index (Phi) is 5.78. The van der Waals surface area contributed by atoms with Crippen LogP contribution in [-0.2, 0) is 14.8 Å². The summed E-state index contributed by atoms with van der Waals surface area (Å²) < 4.78 is 31.9. The first-order valence-electron chi connectivity index (χ1n) is 8.54. The van der Waals surface area contributed by atoms with Crippen LogP contribution in [0.2, 0.25) is 0 Å². The second-order valence-electron chi connectivity index (χ2n) is 6.14. The molecule has 2 aromatic carbocycles. The highest BCUT2D eigenvalue weighted by Crippen LogP contribution is 2.29. The van der Waals surface area contributed by atoms with Gasteiger partial charge in [-0.3, -0.25) is 10.1 Å². The topological polar surface area (TPSA) is 148 Å². The Morgan fingerprint density at radius 3 is 2.50 bits per heavy atom. The fourth-order valence-electron chi connectivity index (χ4n) is 2.90. The van der Waals surface area contributed by atoms with Gasteiger partial charge in [-0.05, 0) is 17.7 Å². The molecule has 0 aliphatic carbocycles. The number of urea groups is 1. The van der Waals surface area contributed by atoms with Crippen molar-refractivity contribution < 1.29 is 27.7 Å². The molecule has 11 nitrogen and oxygen atoms in total. The molecule has 0 aromatic heterocycles. The van der Waals surface area contributed by atoms with Crippen molar-refractivity contribution in [2.75, 3.05) is 7.11 Å². The number of carbonyl (C=O) groups is 2. The molecule has 0 saturated carbocycles. The van der Waals surface area contributed by atoms with Gasteiger partial charge in [0.1, 0.15) is 4.90 Å². The van der Waals surface area contributed by atoms with E-state index in [1.165, 1.54) is 54.7 Å². The van der Waals surface area contributed by atoms with Crippen molar-refractivity contribution in [2.24, 2.45) is 5.10 Å². The minimum atomic E-state index is -4.41. The number of esters is 1. The molecule has 156 valence electrons. The van der Waals surface area contributed by atoms with E-state index in [4.69, 9.17) is 0 Å². The lowest BCUT2D eigenvalue weighted by Gasteiger charge is -2.22. The third-order valence-electron chi connectivity index (χ3n) is 4.33. The Labute approximate surface area is 171 Å². The molecule has 2 amide bonds. The molecule has 3 rings (SSSR count). The molecule has 1 heterocycles. The predicted molar refractivity (Wildman–Crippen MR) is 104 cm³/mol. The summed E-state index contributed by atoms with van der Waals surface area (Å²) >= 11 is 0. The van der Waals surface area contributed by atoms with Gasteiger partial charge in [-0.25, -0.2) is 27.7 Å². The van der Waals surface area contributed by atoms with Gasteiger partial charge in [0.25, 0.3) is 15.7 Å². The molecule has 30 heavy (non-hydrogen) atoms. The number of benzene rings is 2. The summed E-state index contributed by atoms with van der Waals surface area (Å²) in [4.78, 5) is 34.3. The Hall–Kier alpha value is -3.80. The Morgan fingerprint density at radius 2 is 1.87 bits per heavy atom. The third kappa shape index (κ3) is 4.12. The molecule has 1 N–H and O–H groups in total. The number of hydrogen-bond acceptors (Lipinski definition) is 8. The largest absolute Gasteiger partial charge is 0.465 e. The van der Waals surface area contributed by atoms with Crippen molar-refractivity contribution in [3.63, 3.8) is 0 Å². The van der Waals surface area contributed by atoms with Gasteiger partial charge in [0.2, 0.25) is 0 Å². The van der Waals surface area contributed by atoms with E-state index in [9.17, 15) is 28.1 Å². The molecule has 1 aliphatic rings. The van der Waals surface area contributed by atoms with Crippen LogP contribution in [0.1, 0.15) is 28.4 Å². The maximum absolute atomic E-state index is 12.7. The van der Waals surface area contributed by atoms with E-state index in [0.29, 0.717) is 12.0 Å². The second kappa shape index (κ2) is 8.29. The van der Waals surface area contributed by atoms with Gasteiger partial charge in [-0.1, -0.05) is 24.3 Å². The lowest BCUT2D eigenvalue weighted by molar-refractivity contribution is -0.384. The number of rotatable bonds is 5. The molecule has 0 radical (unpaired) electrons. The van der Waals surface area contributed by atoms with Crippen molar-refractivity contribution in [1.29, 1.82) is 0 Å². The lowest BCUT2D eigenvalue weighted by Crippen LogP contribution is -2.40. The number of hydrazone groups is 1. The standard InChI is InChI=1S/C18H16N4O7S/c1-29-17(23)14-4-2-3-5-16(14)30(27,28)20-18(24)21-15(10-11-19-21)12-6-8-13(9-7-12)22(25)26/h2-9,11,15H,10H2,1H3,(H,20,24). The molecule has 1 aliphatic heterocycles. The summed E-state index contributed by atoms with van der Waals surface area (Å²) in [5.74, 6) is -0.869. The van der Waals surface area contributed by atoms with Gasteiger partial charge >= 0.3 is 12.0 Å². The van der Waals surface area contributed by atoms with Gasteiger partial charge < -0.3 is 4.74 Å². The zero-order valence-corrected chi connectivity index (χ0v) is 16.4. The maximum atomic E-state index is 12.7. The van der Waals surface area contributed by atoms with Gasteiger partial charge in [0.15, 0.2) is 0 Å². The number of nitrogens with zero attached hydrogens (tertiary/aromatic N) is 3. The van der Waals surface area contributed by atoms with Gasteiger partial charge in [0, 0.05) is 24.8 Å². The number of nitro benzene ring substituents is 1. The van der Waals surface area contributed by atoms with Crippen molar-refractivity contribution in [1.82, 2.24) is 9.73 Å². The van der Waals surface area contributed by atoms with Crippen LogP contribution < -0.4 is 4.72 Å². The van der Waals surface area contributed by atoms with Crippen LogP contribution in [0.25, 0.3) is 0 Å². The quantitative estimate of drug-likeness (QED) is 0.432. The number of non-ortho nitro benzene ring substituents is 1. The number of nitrogens with one attached hydrogen (secondary N) is 1. The zero-order valence-electron chi connectivity index (χ0n) is 15.6. The fraction of sp³-hybridized carbons (Fsp3) is 0.167. The van der Waals surface area contributed by atoms with Crippen LogP contribution in [0, 0.1) is 10.1 Å². The van der Waals surface area contributed by atoms with E-state index in [1.54, 1.807) is 0 Å². The highest BCUT2D eigenvalue weighted by molar-refractivity contribution is 7.90. The van der Waals surface area contributed by atoms with Crippen molar-refractivity contribution in [3.05, 3.63) is 69.8 Å². The van der Waals surface area contributed by atoms with Gasteiger partial charge in [-0.2, -0.15) is 5.10 Å². The molecule has 2 aromatic rings.